The molecule has 80 valence electrons. The summed E-state index contributed by atoms with van der Waals surface area (Å²) in [5.41, 5.74) is 3.32. The Labute approximate surface area is 89.1 Å². The van der Waals surface area contributed by atoms with E-state index in [1.54, 1.807) is 0 Å². The Kier molecular flexibility index (Phi) is 3.24. The Morgan fingerprint density at radius 3 is 2.50 bits per heavy atom. The van der Waals surface area contributed by atoms with Crippen LogP contribution in [0.25, 0.3) is 0 Å². The lowest BCUT2D eigenvalue weighted by Gasteiger charge is -2.32. The van der Waals surface area contributed by atoms with Gasteiger partial charge >= 0.3 is 0 Å². The summed E-state index contributed by atoms with van der Waals surface area (Å²) in [5, 5.41) is 0. The van der Waals surface area contributed by atoms with Crippen LogP contribution in [0.15, 0.2) is 23.8 Å². The molecule has 0 spiro atoms. The van der Waals surface area contributed by atoms with E-state index in [-0.39, 0.29) is 0 Å². The van der Waals surface area contributed by atoms with Crippen LogP contribution in [0, 0.1) is 17.3 Å². The predicted molar refractivity (Wildman–Crippen MR) is 64.2 cm³/mol. The minimum Gasteiger partial charge on any atom is -0.0995 e. The first-order chi connectivity index (χ1) is 6.35. The molecule has 0 heterocycles. The van der Waals surface area contributed by atoms with Crippen molar-refractivity contribution in [3.63, 3.8) is 0 Å². The van der Waals surface area contributed by atoms with Gasteiger partial charge in [0.1, 0.15) is 0 Å². The molecule has 0 fully saturated rings. The molecule has 0 N–H and O–H groups in total. The second-order valence-electron chi connectivity index (χ2n) is 5.65. The van der Waals surface area contributed by atoms with E-state index in [1.165, 1.54) is 24.0 Å². The van der Waals surface area contributed by atoms with E-state index >= 15 is 0 Å². The number of hydrogen-bond donors (Lipinski definition) is 0. The van der Waals surface area contributed by atoms with Gasteiger partial charge in [0.2, 0.25) is 0 Å². The summed E-state index contributed by atoms with van der Waals surface area (Å²) in [6, 6.07) is 0. The Hall–Kier alpha value is -0.520. The van der Waals surface area contributed by atoms with Crippen molar-refractivity contribution in [1.82, 2.24) is 0 Å². The third kappa shape index (κ3) is 2.10. The summed E-state index contributed by atoms with van der Waals surface area (Å²) in [5.74, 6) is 1.41. The summed E-state index contributed by atoms with van der Waals surface area (Å²) < 4.78 is 0. The summed E-state index contributed by atoms with van der Waals surface area (Å²) in [7, 11) is 0. The lowest BCUT2D eigenvalue weighted by Crippen LogP contribution is -2.22. The van der Waals surface area contributed by atoms with Crippen molar-refractivity contribution < 1.29 is 0 Å². The highest BCUT2D eigenvalue weighted by atomic mass is 14.4. The van der Waals surface area contributed by atoms with E-state index in [4.69, 9.17) is 0 Å². The maximum atomic E-state index is 4.27. The van der Waals surface area contributed by atoms with Crippen molar-refractivity contribution >= 4 is 0 Å². The normalized spacial score (nSPS) is 25.3. The molecule has 0 saturated carbocycles. The van der Waals surface area contributed by atoms with Crippen molar-refractivity contribution in [2.24, 2.45) is 17.3 Å². The SMILES string of the molecule is C=C(CC(C)C)[C@@H]1CC=C(C)C1(C)C. The van der Waals surface area contributed by atoms with E-state index in [1.807, 2.05) is 0 Å². The number of rotatable bonds is 3. The van der Waals surface area contributed by atoms with Gasteiger partial charge in [-0.05, 0) is 37.0 Å². The molecule has 0 aromatic rings. The van der Waals surface area contributed by atoms with Crippen LogP contribution in [0.3, 0.4) is 0 Å². The zero-order valence-electron chi connectivity index (χ0n) is 10.4. The van der Waals surface area contributed by atoms with Gasteiger partial charge in [0.25, 0.3) is 0 Å². The summed E-state index contributed by atoms with van der Waals surface area (Å²) in [4.78, 5) is 0. The molecular formula is C14H24. The van der Waals surface area contributed by atoms with E-state index in [2.05, 4.69) is 47.3 Å². The first-order valence-corrected chi connectivity index (χ1v) is 5.70. The monoisotopic (exact) mass is 192 g/mol. The van der Waals surface area contributed by atoms with Gasteiger partial charge in [-0.15, -0.1) is 0 Å². The summed E-state index contributed by atoms with van der Waals surface area (Å²) in [6.07, 6.45) is 4.76. The first-order valence-electron chi connectivity index (χ1n) is 5.70. The maximum absolute atomic E-state index is 4.27. The molecule has 0 amide bonds. The van der Waals surface area contributed by atoms with Gasteiger partial charge in [-0.1, -0.05) is 51.5 Å². The van der Waals surface area contributed by atoms with Crippen LogP contribution >= 0.6 is 0 Å². The average Bonchev–Trinajstić information content (AvgIpc) is 2.26. The molecule has 0 nitrogen and oxygen atoms in total. The quantitative estimate of drug-likeness (QED) is 0.574. The molecule has 0 heteroatoms. The van der Waals surface area contributed by atoms with Gasteiger partial charge < -0.3 is 0 Å². The number of allylic oxidation sites excluding steroid dienone is 3. The largest absolute Gasteiger partial charge is 0.0995 e. The second kappa shape index (κ2) is 3.92. The zero-order valence-corrected chi connectivity index (χ0v) is 10.4. The molecule has 0 saturated heterocycles. The molecule has 0 radical (unpaired) electrons. The molecule has 0 aromatic heterocycles. The van der Waals surface area contributed by atoms with Crippen LogP contribution < -0.4 is 0 Å². The Bertz CT molecular complexity index is 253. The van der Waals surface area contributed by atoms with Gasteiger partial charge in [-0.2, -0.15) is 0 Å². The van der Waals surface area contributed by atoms with Crippen molar-refractivity contribution in [2.75, 3.05) is 0 Å². The zero-order chi connectivity index (χ0) is 10.9. The Balaban J connectivity index is 2.69. The minimum atomic E-state index is 0.339. The molecule has 1 aliphatic rings. The third-order valence-electron chi connectivity index (χ3n) is 3.71. The summed E-state index contributed by atoms with van der Waals surface area (Å²) in [6.45, 7) is 15.8. The summed E-state index contributed by atoms with van der Waals surface area (Å²) >= 11 is 0. The maximum Gasteiger partial charge on any atom is -0.00792 e. The fourth-order valence-electron chi connectivity index (χ4n) is 2.47. The molecule has 1 aliphatic carbocycles. The minimum absolute atomic E-state index is 0.339. The molecule has 0 bridgehead atoms. The average molecular weight is 192 g/mol. The van der Waals surface area contributed by atoms with Crippen LogP contribution in [-0.2, 0) is 0 Å². The van der Waals surface area contributed by atoms with Gasteiger partial charge in [0.15, 0.2) is 0 Å². The van der Waals surface area contributed by atoms with Crippen LogP contribution in [0.4, 0.5) is 0 Å². The molecule has 1 rings (SSSR count). The van der Waals surface area contributed by atoms with E-state index in [0.717, 1.165) is 5.92 Å². The van der Waals surface area contributed by atoms with Crippen molar-refractivity contribution in [2.45, 2.75) is 47.5 Å². The van der Waals surface area contributed by atoms with Crippen molar-refractivity contribution in [3.8, 4) is 0 Å². The highest BCUT2D eigenvalue weighted by Gasteiger charge is 2.36. The van der Waals surface area contributed by atoms with Gasteiger partial charge in [-0.25, -0.2) is 0 Å². The predicted octanol–water partition coefficient (Wildman–Crippen LogP) is 4.58. The fraction of sp³-hybridized carbons (Fsp3) is 0.714. The van der Waals surface area contributed by atoms with E-state index in [9.17, 15) is 0 Å². The molecule has 14 heavy (non-hydrogen) atoms. The standard InChI is InChI=1S/C14H24/c1-10(2)9-11(3)13-8-7-12(4)14(13,5)6/h7,10,13H,3,8-9H2,1-2,4-6H3/t13-/m0/s1. The first kappa shape index (κ1) is 11.6. The van der Waals surface area contributed by atoms with Gasteiger partial charge in [0, 0.05) is 0 Å². The van der Waals surface area contributed by atoms with E-state index < -0.39 is 0 Å². The van der Waals surface area contributed by atoms with Crippen LogP contribution in [-0.4, -0.2) is 0 Å². The lowest BCUT2D eigenvalue weighted by atomic mass is 9.73. The molecular weight excluding hydrogens is 168 g/mol. The van der Waals surface area contributed by atoms with Gasteiger partial charge in [0.05, 0.1) is 0 Å². The third-order valence-corrected chi connectivity index (χ3v) is 3.71. The van der Waals surface area contributed by atoms with Gasteiger partial charge in [-0.3, -0.25) is 0 Å². The number of hydrogen-bond acceptors (Lipinski definition) is 0. The van der Waals surface area contributed by atoms with Crippen LogP contribution in [0.5, 0.6) is 0 Å². The Morgan fingerprint density at radius 2 is 2.14 bits per heavy atom. The topological polar surface area (TPSA) is 0 Å². The van der Waals surface area contributed by atoms with Crippen molar-refractivity contribution in [3.05, 3.63) is 23.8 Å². The Morgan fingerprint density at radius 1 is 1.57 bits per heavy atom. The molecule has 1 atom stereocenters. The van der Waals surface area contributed by atoms with Crippen LogP contribution in [0.1, 0.15) is 47.5 Å². The van der Waals surface area contributed by atoms with Crippen molar-refractivity contribution in [1.29, 1.82) is 0 Å². The van der Waals surface area contributed by atoms with Crippen LogP contribution in [0.2, 0.25) is 0 Å². The highest BCUT2D eigenvalue weighted by molar-refractivity contribution is 5.25. The van der Waals surface area contributed by atoms with E-state index in [0.29, 0.717) is 11.3 Å². The smallest absolute Gasteiger partial charge is 0.00792 e. The molecule has 0 unspecified atom stereocenters. The second-order valence-corrected chi connectivity index (χ2v) is 5.65. The lowest BCUT2D eigenvalue weighted by molar-refractivity contribution is 0.323. The highest BCUT2D eigenvalue weighted by Crippen LogP contribution is 2.47. The molecule has 0 aliphatic heterocycles. The molecule has 0 aromatic carbocycles. The fourth-order valence-corrected chi connectivity index (χ4v) is 2.47.